The number of halogens is 3. The Morgan fingerprint density at radius 1 is 1.32 bits per heavy atom. The zero-order valence-electron chi connectivity index (χ0n) is 13.5. The average Bonchev–Trinajstić information content (AvgIpc) is 2.57. The molecule has 4 atom stereocenters. The summed E-state index contributed by atoms with van der Waals surface area (Å²) in [6.07, 6.45) is 1.56. The smallest absolute Gasteiger partial charge is 0.315 e. The van der Waals surface area contributed by atoms with Gasteiger partial charge in [-0.1, -0.05) is 23.2 Å². The van der Waals surface area contributed by atoms with Gasteiger partial charge in [0.05, 0.1) is 35.7 Å². The molecule has 8 heteroatoms. The van der Waals surface area contributed by atoms with Crippen molar-refractivity contribution in [1.29, 1.82) is 0 Å². The number of benzene rings is 1. The minimum absolute atomic E-state index is 0.00988. The van der Waals surface area contributed by atoms with Gasteiger partial charge in [0.25, 0.3) is 0 Å². The van der Waals surface area contributed by atoms with Gasteiger partial charge in [0.1, 0.15) is 11.7 Å². The predicted octanol–water partition coefficient (Wildman–Crippen LogP) is 3.12. The van der Waals surface area contributed by atoms with Gasteiger partial charge < -0.3 is 4.74 Å². The first kappa shape index (κ1) is 18.0. The number of Topliss-reactive ketones (excluding diaryl/α,β-unsaturated/α-hetero) is 1. The topological polar surface area (TPSA) is 68.1 Å². The molecular weight excluding hydrogens is 370 g/mol. The second-order valence-electron chi connectivity index (χ2n) is 6.03. The number of fused-ring (bicyclic) bond motifs is 1. The molecule has 1 aromatic carbocycles. The number of ether oxygens (including phenoxy) is 1. The number of hydrogen-bond donors (Lipinski definition) is 0. The Kier molecular flexibility index (Phi) is 4.93. The van der Waals surface area contributed by atoms with Crippen LogP contribution in [0.3, 0.4) is 0 Å². The highest BCUT2D eigenvalue weighted by Gasteiger charge is 2.50. The van der Waals surface area contributed by atoms with Crippen molar-refractivity contribution in [2.45, 2.75) is 18.9 Å². The van der Waals surface area contributed by atoms with Crippen molar-refractivity contribution < 1.29 is 18.7 Å². The van der Waals surface area contributed by atoms with Gasteiger partial charge in [0.15, 0.2) is 5.78 Å². The number of carbonyl (C=O) groups is 2. The van der Waals surface area contributed by atoms with E-state index in [4.69, 9.17) is 27.9 Å². The van der Waals surface area contributed by atoms with E-state index in [9.17, 15) is 14.0 Å². The van der Waals surface area contributed by atoms with Crippen LogP contribution in [0, 0.1) is 17.7 Å². The van der Waals surface area contributed by atoms with Crippen molar-refractivity contribution in [2.75, 3.05) is 13.7 Å². The summed E-state index contributed by atoms with van der Waals surface area (Å²) in [6, 6.07) is 1.94. The van der Waals surface area contributed by atoms with Crippen LogP contribution in [0.25, 0.3) is 0 Å². The fourth-order valence-corrected chi connectivity index (χ4v) is 4.03. The van der Waals surface area contributed by atoms with Gasteiger partial charge in [-0.05, 0) is 19.1 Å². The second-order valence-corrected chi connectivity index (χ2v) is 6.81. The van der Waals surface area contributed by atoms with Crippen LogP contribution >= 0.6 is 23.2 Å². The molecule has 0 aliphatic carbocycles. The first-order chi connectivity index (χ1) is 11.9. The molecule has 0 spiro atoms. The van der Waals surface area contributed by atoms with E-state index in [-0.39, 0.29) is 27.9 Å². The number of hydrogen-bond acceptors (Lipinski definition) is 5. The van der Waals surface area contributed by atoms with Gasteiger partial charge in [-0.3, -0.25) is 19.6 Å². The molecule has 0 N–H and O–H groups in total. The molecule has 2 aliphatic rings. The Morgan fingerprint density at radius 2 is 2.04 bits per heavy atom. The summed E-state index contributed by atoms with van der Waals surface area (Å²) in [5.41, 5.74) is 0.479. The van der Waals surface area contributed by atoms with Gasteiger partial charge in [-0.25, -0.2) is 4.39 Å². The van der Waals surface area contributed by atoms with E-state index in [0.717, 1.165) is 0 Å². The van der Waals surface area contributed by atoms with Gasteiger partial charge in [0.2, 0.25) is 0 Å². The zero-order chi connectivity index (χ0) is 18.3. The summed E-state index contributed by atoms with van der Waals surface area (Å²) >= 11 is 12.3. The fraction of sp³-hybridized carbons (Fsp3) is 0.412. The van der Waals surface area contributed by atoms with Crippen molar-refractivity contribution in [2.24, 2.45) is 21.8 Å². The van der Waals surface area contributed by atoms with Crippen LogP contribution in [-0.2, 0) is 14.3 Å². The Balaban J connectivity index is 2.26. The largest absolute Gasteiger partial charge is 0.468 e. The highest BCUT2D eigenvalue weighted by Crippen LogP contribution is 2.46. The lowest BCUT2D eigenvalue weighted by molar-refractivity contribution is -0.144. The SMILES string of the molecule is COC(=O)C1C(C)=NC2C=NCC(=O)C2C1c1c(F)ccc(Cl)c1Cl. The molecule has 1 aromatic rings. The minimum Gasteiger partial charge on any atom is -0.468 e. The van der Waals surface area contributed by atoms with E-state index in [1.165, 1.54) is 19.2 Å². The van der Waals surface area contributed by atoms with Crippen molar-refractivity contribution in [3.8, 4) is 0 Å². The van der Waals surface area contributed by atoms with Gasteiger partial charge in [-0.2, -0.15) is 0 Å². The molecule has 0 aromatic heterocycles. The molecule has 3 rings (SSSR count). The van der Waals surface area contributed by atoms with E-state index < -0.39 is 35.6 Å². The quantitative estimate of drug-likeness (QED) is 0.580. The molecular formula is C17H15Cl2FN2O3. The maximum Gasteiger partial charge on any atom is 0.315 e. The lowest BCUT2D eigenvalue weighted by Crippen LogP contribution is -2.49. The Hall–Kier alpha value is -1.79. The number of esters is 1. The Labute approximate surface area is 153 Å². The van der Waals surface area contributed by atoms with E-state index in [2.05, 4.69) is 9.98 Å². The molecule has 0 bridgehead atoms. The maximum atomic E-state index is 14.7. The molecule has 2 aliphatic heterocycles. The Morgan fingerprint density at radius 3 is 2.72 bits per heavy atom. The third-order valence-corrected chi connectivity index (χ3v) is 5.48. The summed E-state index contributed by atoms with van der Waals surface area (Å²) in [7, 11) is 1.23. The van der Waals surface area contributed by atoms with Gasteiger partial charge >= 0.3 is 5.97 Å². The maximum absolute atomic E-state index is 14.7. The molecule has 0 saturated heterocycles. The van der Waals surface area contributed by atoms with Crippen LogP contribution in [0.1, 0.15) is 18.4 Å². The van der Waals surface area contributed by atoms with Crippen LogP contribution in [0.15, 0.2) is 22.1 Å². The van der Waals surface area contributed by atoms with Gasteiger partial charge in [-0.15, -0.1) is 0 Å². The highest BCUT2D eigenvalue weighted by molar-refractivity contribution is 6.42. The molecule has 4 unspecified atom stereocenters. The fourth-order valence-electron chi connectivity index (χ4n) is 3.59. The van der Waals surface area contributed by atoms with Crippen molar-refractivity contribution in [1.82, 2.24) is 0 Å². The number of aliphatic imine (C=N–C) groups is 2. The molecule has 0 saturated carbocycles. The normalized spacial score (nSPS) is 28.4. The number of methoxy groups -OCH3 is 1. The van der Waals surface area contributed by atoms with E-state index in [1.807, 2.05) is 0 Å². The lowest BCUT2D eigenvalue weighted by atomic mass is 9.67. The van der Waals surface area contributed by atoms with E-state index in [1.54, 1.807) is 13.1 Å². The van der Waals surface area contributed by atoms with Crippen LogP contribution in [0.4, 0.5) is 4.39 Å². The number of carbonyl (C=O) groups excluding carboxylic acids is 2. The molecule has 132 valence electrons. The summed E-state index contributed by atoms with van der Waals surface area (Å²) in [4.78, 5) is 33.4. The third kappa shape index (κ3) is 2.98. The molecule has 2 heterocycles. The minimum atomic E-state index is -0.924. The van der Waals surface area contributed by atoms with Gasteiger partial charge in [0, 0.05) is 23.4 Å². The predicted molar refractivity (Wildman–Crippen MR) is 93.4 cm³/mol. The van der Waals surface area contributed by atoms with Crippen LogP contribution < -0.4 is 0 Å². The van der Waals surface area contributed by atoms with E-state index in [0.29, 0.717) is 5.71 Å². The number of rotatable bonds is 2. The molecule has 0 fully saturated rings. The second kappa shape index (κ2) is 6.84. The lowest BCUT2D eigenvalue weighted by Gasteiger charge is -2.39. The van der Waals surface area contributed by atoms with Crippen LogP contribution in [-0.4, -0.2) is 43.4 Å². The summed E-state index contributed by atoms with van der Waals surface area (Å²) < 4.78 is 19.6. The van der Waals surface area contributed by atoms with Crippen molar-refractivity contribution in [3.63, 3.8) is 0 Å². The zero-order valence-corrected chi connectivity index (χ0v) is 15.0. The summed E-state index contributed by atoms with van der Waals surface area (Å²) in [5, 5.41) is 0.139. The average molecular weight is 385 g/mol. The molecule has 25 heavy (non-hydrogen) atoms. The standard InChI is InChI=1S/C17H15Cl2FN2O3/c1-7-12(17(24)25-2)15(13-9(20)4-3-8(18)16(13)19)14-10(22-7)5-21-6-11(14)23/h3-5,10,12,14-15H,6H2,1-2H3. The highest BCUT2D eigenvalue weighted by atomic mass is 35.5. The monoisotopic (exact) mass is 384 g/mol. The first-order valence-corrected chi connectivity index (χ1v) is 8.40. The van der Waals surface area contributed by atoms with E-state index >= 15 is 0 Å². The number of nitrogens with zero attached hydrogens (tertiary/aromatic N) is 2. The Bertz CT molecular complexity index is 809. The first-order valence-electron chi connectivity index (χ1n) is 7.65. The molecule has 5 nitrogen and oxygen atoms in total. The van der Waals surface area contributed by atoms with Crippen LogP contribution in [0.2, 0.25) is 10.0 Å². The summed E-state index contributed by atoms with van der Waals surface area (Å²) in [5.74, 6) is -3.99. The van der Waals surface area contributed by atoms with Crippen LogP contribution in [0.5, 0.6) is 0 Å². The molecule has 0 radical (unpaired) electrons. The number of ketones is 1. The third-order valence-electron chi connectivity index (χ3n) is 4.66. The van der Waals surface area contributed by atoms with Crippen molar-refractivity contribution >= 4 is 46.9 Å². The summed E-state index contributed by atoms with van der Waals surface area (Å²) in [6.45, 7) is 1.61. The molecule has 0 amide bonds. The van der Waals surface area contributed by atoms with Crippen molar-refractivity contribution in [3.05, 3.63) is 33.6 Å².